The molecule has 1 aromatic rings. The summed E-state index contributed by atoms with van der Waals surface area (Å²) in [7, 11) is 0. The van der Waals surface area contributed by atoms with Crippen molar-refractivity contribution in [2.75, 3.05) is 0 Å². The van der Waals surface area contributed by atoms with Crippen LogP contribution in [-0.2, 0) is 0 Å². The largest absolute Gasteiger partial charge is 0.103 e. The fourth-order valence-corrected chi connectivity index (χ4v) is 0.385. The maximum Gasteiger partial charge on any atom is -0.0473 e. The minimum absolute atomic E-state index is 0. The van der Waals surface area contributed by atoms with E-state index in [1.807, 2.05) is 43.3 Å². The van der Waals surface area contributed by atoms with E-state index in [0.717, 1.165) is 0 Å². The molecule has 0 nitrogen and oxygen atoms in total. The average Bonchev–Trinajstić information content (AvgIpc) is 1.93. The summed E-state index contributed by atoms with van der Waals surface area (Å²) in [6.45, 7) is 5.25. The molecule has 0 saturated carbocycles. The Morgan fingerprint density at radius 1 is 0.900 bits per heavy atom. The van der Waals surface area contributed by atoms with Crippen LogP contribution in [0.25, 0.3) is 0 Å². The highest BCUT2D eigenvalue weighted by Gasteiger charge is 1.57. The van der Waals surface area contributed by atoms with Gasteiger partial charge in [0.2, 0.25) is 0 Å². The Morgan fingerprint density at radius 2 is 1.00 bits per heavy atom. The van der Waals surface area contributed by atoms with Crippen molar-refractivity contribution in [3.8, 4) is 0 Å². The van der Waals surface area contributed by atoms with E-state index in [2.05, 4.69) is 6.58 Å². The molecule has 1 rings (SSSR count). The molecular formula is C10H16. The fraction of sp³-hybridized carbons (Fsp3) is 0.200. The zero-order chi connectivity index (χ0) is 6.95. The summed E-state index contributed by atoms with van der Waals surface area (Å²) >= 11 is 0. The van der Waals surface area contributed by atoms with Gasteiger partial charge in [0.15, 0.2) is 0 Å². The lowest BCUT2D eigenvalue weighted by atomic mass is 10.4. The zero-order valence-electron chi connectivity index (χ0n) is 5.75. The summed E-state index contributed by atoms with van der Waals surface area (Å²) < 4.78 is 0. The van der Waals surface area contributed by atoms with E-state index in [-0.39, 0.29) is 7.43 Å². The Morgan fingerprint density at radius 3 is 1.10 bits per heavy atom. The molecule has 0 N–H and O–H groups in total. The van der Waals surface area contributed by atoms with Gasteiger partial charge in [-0.15, -0.1) is 6.58 Å². The molecule has 1 aromatic carbocycles. The maximum atomic E-state index is 3.36. The Hall–Kier alpha value is -1.04. The monoisotopic (exact) mass is 136 g/mol. The van der Waals surface area contributed by atoms with E-state index >= 15 is 0 Å². The van der Waals surface area contributed by atoms with Crippen LogP contribution in [0.5, 0.6) is 0 Å². The normalized spacial score (nSPS) is 6.10. The number of rotatable bonds is 0. The molecule has 56 valence electrons. The molecule has 0 amide bonds. The standard InChI is InChI=1S/C6H6.C3H6.CH4/c1-2-4-6-5-3-1;1-3-2;/h1-6H;3H,1H2,2H3;1H4. The molecule has 0 heteroatoms. The van der Waals surface area contributed by atoms with Gasteiger partial charge < -0.3 is 0 Å². The van der Waals surface area contributed by atoms with E-state index in [0.29, 0.717) is 0 Å². The fourth-order valence-electron chi connectivity index (χ4n) is 0.385. The molecule has 0 saturated heterocycles. The summed E-state index contributed by atoms with van der Waals surface area (Å²) in [5.41, 5.74) is 0. The zero-order valence-corrected chi connectivity index (χ0v) is 5.75. The molecule has 0 aliphatic carbocycles. The lowest BCUT2D eigenvalue weighted by molar-refractivity contribution is 1.72. The quantitative estimate of drug-likeness (QED) is 0.479. The first-order valence-electron chi connectivity index (χ1n) is 2.99. The third kappa shape index (κ3) is 10.0. The highest BCUT2D eigenvalue weighted by atomic mass is 13.6. The molecular weight excluding hydrogens is 120 g/mol. The molecule has 0 heterocycles. The predicted molar refractivity (Wildman–Crippen MR) is 49.0 cm³/mol. The molecule has 0 unspecified atom stereocenters. The van der Waals surface area contributed by atoms with Gasteiger partial charge in [-0.2, -0.15) is 0 Å². The maximum absolute atomic E-state index is 3.36. The number of allylic oxidation sites excluding steroid dienone is 1. The number of hydrogen-bond acceptors (Lipinski definition) is 0. The van der Waals surface area contributed by atoms with Crippen LogP contribution in [0.2, 0.25) is 0 Å². The van der Waals surface area contributed by atoms with Gasteiger partial charge in [-0.25, -0.2) is 0 Å². The van der Waals surface area contributed by atoms with Crippen LogP contribution < -0.4 is 0 Å². The van der Waals surface area contributed by atoms with Gasteiger partial charge >= 0.3 is 0 Å². The predicted octanol–water partition coefficient (Wildman–Crippen LogP) is 3.52. The lowest BCUT2D eigenvalue weighted by Crippen LogP contribution is -1.47. The topological polar surface area (TPSA) is 0 Å². The van der Waals surface area contributed by atoms with Crippen LogP contribution in [0.3, 0.4) is 0 Å². The molecule has 0 spiro atoms. The molecule has 0 aliphatic rings. The first-order valence-corrected chi connectivity index (χ1v) is 2.99. The number of benzene rings is 1. The molecule has 0 aliphatic heterocycles. The van der Waals surface area contributed by atoms with Crippen molar-refractivity contribution < 1.29 is 0 Å². The highest BCUT2D eigenvalue weighted by molar-refractivity contribution is 4.99. The Bertz CT molecular complexity index is 103. The third-order valence-electron chi connectivity index (χ3n) is 0.667. The third-order valence-corrected chi connectivity index (χ3v) is 0.667. The van der Waals surface area contributed by atoms with Crippen LogP contribution in [0.1, 0.15) is 14.4 Å². The minimum Gasteiger partial charge on any atom is -0.103 e. The first kappa shape index (κ1) is 11.7. The van der Waals surface area contributed by atoms with Gasteiger partial charge in [-0.1, -0.05) is 49.9 Å². The van der Waals surface area contributed by atoms with Gasteiger partial charge in [-0.3, -0.25) is 0 Å². The smallest absolute Gasteiger partial charge is 0.0473 e. The van der Waals surface area contributed by atoms with E-state index < -0.39 is 0 Å². The van der Waals surface area contributed by atoms with Crippen LogP contribution in [0.15, 0.2) is 49.1 Å². The van der Waals surface area contributed by atoms with Crippen LogP contribution >= 0.6 is 0 Å². The van der Waals surface area contributed by atoms with Crippen LogP contribution in [0, 0.1) is 0 Å². The van der Waals surface area contributed by atoms with Gasteiger partial charge in [0.05, 0.1) is 0 Å². The molecule has 0 fully saturated rings. The van der Waals surface area contributed by atoms with Crippen molar-refractivity contribution in [3.05, 3.63) is 49.1 Å². The molecule has 0 bridgehead atoms. The second-order valence-corrected chi connectivity index (χ2v) is 1.56. The number of hydrogen-bond donors (Lipinski definition) is 0. The lowest BCUT2D eigenvalue weighted by Gasteiger charge is -1.69. The van der Waals surface area contributed by atoms with Crippen molar-refractivity contribution in [3.63, 3.8) is 0 Å². The Balaban J connectivity index is 0. The SMILES string of the molecule is C.C=CC.c1ccccc1. The minimum atomic E-state index is 0. The van der Waals surface area contributed by atoms with Crippen molar-refractivity contribution >= 4 is 0 Å². The van der Waals surface area contributed by atoms with Gasteiger partial charge in [0.25, 0.3) is 0 Å². The summed E-state index contributed by atoms with van der Waals surface area (Å²) in [6, 6.07) is 12.0. The van der Waals surface area contributed by atoms with Gasteiger partial charge in [0.1, 0.15) is 0 Å². The molecule has 0 atom stereocenters. The summed E-state index contributed by atoms with van der Waals surface area (Å²) in [6.07, 6.45) is 1.75. The first-order chi connectivity index (χ1) is 4.41. The van der Waals surface area contributed by atoms with Gasteiger partial charge in [-0.05, 0) is 6.92 Å². The summed E-state index contributed by atoms with van der Waals surface area (Å²) in [4.78, 5) is 0. The van der Waals surface area contributed by atoms with E-state index in [1.54, 1.807) is 6.08 Å². The van der Waals surface area contributed by atoms with Crippen molar-refractivity contribution in [1.29, 1.82) is 0 Å². The summed E-state index contributed by atoms with van der Waals surface area (Å²) in [5, 5.41) is 0. The Labute approximate surface area is 64.2 Å². The second-order valence-electron chi connectivity index (χ2n) is 1.56. The van der Waals surface area contributed by atoms with Gasteiger partial charge in [0, 0.05) is 0 Å². The van der Waals surface area contributed by atoms with Crippen LogP contribution in [0.4, 0.5) is 0 Å². The second kappa shape index (κ2) is 10.9. The van der Waals surface area contributed by atoms with Crippen molar-refractivity contribution in [2.45, 2.75) is 14.4 Å². The molecule has 0 radical (unpaired) electrons. The molecule has 0 aromatic heterocycles. The van der Waals surface area contributed by atoms with E-state index in [9.17, 15) is 0 Å². The average molecular weight is 136 g/mol. The highest BCUT2D eigenvalue weighted by Crippen LogP contribution is 1.79. The van der Waals surface area contributed by atoms with Crippen molar-refractivity contribution in [2.24, 2.45) is 0 Å². The van der Waals surface area contributed by atoms with E-state index in [4.69, 9.17) is 0 Å². The van der Waals surface area contributed by atoms with E-state index in [1.165, 1.54) is 0 Å². The van der Waals surface area contributed by atoms with Crippen LogP contribution in [-0.4, -0.2) is 0 Å². The summed E-state index contributed by atoms with van der Waals surface area (Å²) in [5.74, 6) is 0. The Kier molecular flexibility index (Phi) is 12.7. The molecule has 10 heavy (non-hydrogen) atoms. The van der Waals surface area contributed by atoms with Crippen molar-refractivity contribution in [1.82, 2.24) is 0 Å².